The molecule has 0 bridgehead atoms. The van der Waals surface area contributed by atoms with Gasteiger partial charge in [-0.1, -0.05) is 24.3 Å². The van der Waals surface area contributed by atoms with Crippen LogP contribution in [0, 0.1) is 0 Å². The minimum atomic E-state index is -0.400. The van der Waals surface area contributed by atoms with Crippen molar-refractivity contribution < 1.29 is 5.11 Å². The second-order valence-electron chi connectivity index (χ2n) is 5.11. The van der Waals surface area contributed by atoms with Crippen LogP contribution in [0.3, 0.4) is 0 Å². The van der Waals surface area contributed by atoms with Crippen molar-refractivity contribution in [3.8, 4) is 0 Å². The van der Waals surface area contributed by atoms with E-state index in [1.165, 1.54) is 38.0 Å². The molecule has 3 nitrogen and oxygen atoms in total. The highest BCUT2D eigenvalue weighted by atomic mass is 16.3. The van der Waals surface area contributed by atoms with E-state index in [0.29, 0.717) is 6.54 Å². The summed E-state index contributed by atoms with van der Waals surface area (Å²) >= 11 is 0. The first kappa shape index (κ1) is 13.5. The van der Waals surface area contributed by atoms with Gasteiger partial charge in [0.05, 0.1) is 6.10 Å². The van der Waals surface area contributed by atoms with Gasteiger partial charge < -0.3 is 15.3 Å². The number of aliphatic hydroxyl groups excluding tert-OH is 1. The van der Waals surface area contributed by atoms with E-state index in [4.69, 9.17) is 0 Å². The lowest BCUT2D eigenvalue weighted by molar-refractivity contribution is 0.178. The van der Waals surface area contributed by atoms with E-state index >= 15 is 0 Å². The summed E-state index contributed by atoms with van der Waals surface area (Å²) in [6.45, 7) is 4.30. The van der Waals surface area contributed by atoms with Crippen LogP contribution in [0.2, 0.25) is 0 Å². The number of nitrogens with one attached hydrogen (secondary N) is 1. The van der Waals surface area contributed by atoms with Crippen LogP contribution in [-0.4, -0.2) is 43.2 Å². The maximum absolute atomic E-state index is 9.84. The topological polar surface area (TPSA) is 35.5 Å². The minimum Gasteiger partial charge on any atom is -0.387 e. The molecule has 1 fully saturated rings. The number of aliphatic hydroxyl groups is 1. The first-order valence-corrected chi connectivity index (χ1v) is 6.93. The molecule has 1 heterocycles. The van der Waals surface area contributed by atoms with Gasteiger partial charge in [0.1, 0.15) is 0 Å². The fraction of sp³-hybridized carbons (Fsp3) is 0.600. The summed E-state index contributed by atoms with van der Waals surface area (Å²) in [6.07, 6.45) is 3.43. The molecule has 0 amide bonds. The Kier molecular flexibility index (Phi) is 5.17. The van der Waals surface area contributed by atoms with Gasteiger partial charge in [-0.3, -0.25) is 0 Å². The lowest BCUT2D eigenvalue weighted by atomic mass is 10.1. The molecular formula is C15H24N2O. The molecule has 1 atom stereocenters. The van der Waals surface area contributed by atoms with Crippen LogP contribution in [0.5, 0.6) is 0 Å². The molecule has 2 rings (SSSR count). The van der Waals surface area contributed by atoms with Gasteiger partial charge in [0.2, 0.25) is 0 Å². The van der Waals surface area contributed by atoms with E-state index in [1.807, 2.05) is 19.2 Å². The van der Waals surface area contributed by atoms with Crippen molar-refractivity contribution in [2.75, 3.05) is 33.2 Å². The van der Waals surface area contributed by atoms with E-state index in [-0.39, 0.29) is 0 Å². The van der Waals surface area contributed by atoms with Gasteiger partial charge in [0.25, 0.3) is 0 Å². The van der Waals surface area contributed by atoms with Crippen molar-refractivity contribution in [2.45, 2.75) is 25.4 Å². The monoisotopic (exact) mass is 248 g/mol. The average Bonchev–Trinajstić information content (AvgIpc) is 2.90. The third kappa shape index (κ3) is 3.80. The highest BCUT2D eigenvalue weighted by Gasteiger charge is 2.11. The molecule has 100 valence electrons. The molecular weight excluding hydrogens is 224 g/mol. The molecule has 2 N–H and O–H groups in total. The number of hydrogen-bond donors (Lipinski definition) is 2. The quantitative estimate of drug-likeness (QED) is 0.802. The molecule has 0 aromatic heterocycles. The van der Waals surface area contributed by atoms with Crippen molar-refractivity contribution >= 4 is 0 Å². The van der Waals surface area contributed by atoms with Crippen molar-refractivity contribution in [3.05, 3.63) is 35.4 Å². The van der Waals surface area contributed by atoms with Crippen molar-refractivity contribution in [2.24, 2.45) is 0 Å². The van der Waals surface area contributed by atoms with Gasteiger partial charge >= 0.3 is 0 Å². The van der Waals surface area contributed by atoms with Gasteiger partial charge in [-0.2, -0.15) is 0 Å². The molecule has 1 unspecified atom stereocenters. The Morgan fingerprint density at radius 3 is 2.50 bits per heavy atom. The highest BCUT2D eigenvalue weighted by molar-refractivity contribution is 5.24. The lowest BCUT2D eigenvalue weighted by Crippen LogP contribution is -2.22. The maximum atomic E-state index is 9.84. The molecule has 1 aromatic carbocycles. The van der Waals surface area contributed by atoms with E-state index < -0.39 is 6.10 Å². The second kappa shape index (κ2) is 6.88. The van der Waals surface area contributed by atoms with Gasteiger partial charge in [-0.15, -0.1) is 0 Å². The Balaban J connectivity index is 1.83. The summed E-state index contributed by atoms with van der Waals surface area (Å²) in [5.41, 5.74) is 2.36. The van der Waals surface area contributed by atoms with Crippen LogP contribution in [0.4, 0.5) is 0 Å². The van der Waals surface area contributed by atoms with Gasteiger partial charge in [-0.25, -0.2) is 0 Å². The predicted molar refractivity (Wildman–Crippen MR) is 74.7 cm³/mol. The number of nitrogens with zero attached hydrogens (tertiary/aromatic N) is 1. The SMILES string of the molecule is CNCC(O)c1ccc(CCN2CCCC2)cc1. The fourth-order valence-electron chi connectivity index (χ4n) is 2.51. The minimum absolute atomic E-state index is 0.400. The van der Waals surface area contributed by atoms with E-state index in [0.717, 1.165) is 12.0 Å². The third-order valence-electron chi connectivity index (χ3n) is 3.68. The summed E-state index contributed by atoms with van der Waals surface area (Å²) in [6, 6.07) is 8.37. The van der Waals surface area contributed by atoms with Crippen LogP contribution in [0.15, 0.2) is 24.3 Å². The second-order valence-corrected chi connectivity index (χ2v) is 5.11. The molecule has 1 aromatic rings. The van der Waals surface area contributed by atoms with Gasteiger partial charge in [0, 0.05) is 13.1 Å². The van der Waals surface area contributed by atoms with E-state index in [1.54, 1.807) is 0 Å². The largest absolute Gasteiger partial charge is 0.387 e. The Morgan fingerprint density at radius 1 is 1.22 bits per heavy atom. The number of benzene rings is 1. The van der Waals surface area contributed by atoms with Gasteiger partial charge in [-0.05, 0) is 50.5 Å². The van der Waals surface area contributed by atoms with Gasteiger partial charge in [0.15, 0.2) is 0 Å². The predicted octanol–water partition coefficient (Wildman–Crippen LogP) is 1.58. The van der Waals surface area contributed by atoms with Crippen LogP contribution < -0.4 is 5.32 Å². The number of likely N-dealkylation sites (N-methyl/N-ethyl adjacent to an activating group) is 1. The van der Waals surface area contributed by atoms with E-state index in [9.17, 15) is 5.11 Å². The number of hydrogen-bond acceptors (Lipinski definition) is 3. The molecule has 3 heteroatoms. The summed E-state index contributed by atoms with van der Waals surface area (Å²) in [4.78, 5) is 2.53. The number of rotatable bonds is 6. The Hall–Kier alpha value is -0.900. The van der Waals surface area contributed by atoms with Crippen LogP contribution >= 0.6 is 0 Å². The summed E-state index contributed by atoms with van der Waals surface area (Å²) in [7, 11) is 1.85. The third-order valence-corrected chi connectivity index (χ3v) is 3.68. The first-order chi connectivity index (χ1) is 8.79. The zero-order chi connectivity index (χ0) is 12.8. The zero-order valence-electron chi connectivity index (χ0n) is 11.2. The Morgan fingerprint density at radius 2 is 1.89 bits per heavy atom. The smallest absolute Gasteiger partial charge is 0.0914 e. The summed E-state index contributed by atoms with van der Waals surface area (Å²) in [5.74, 6) is 0. The normalized spacial score (nSPS) is 18.1. The summed E-state index contributed by atoms with van der Waals surface area (Å²) in [5, 5.41) is 12.8. The molecule has 0 radical (unpaired) electrons. The summed E-state index contributed by atoms with van der Waals surface area (Å²) < 4.78 is 0. The zero-order valence-corrected chi connectivity index (χ0v) is 11.2. The fourth-order valence-corrected chi connectivity index (χ4v) is 2.51. The van der Waals surface area contributed by atoms with Crippen molar-refractivity contribution in [1.29, 1.82) is 0 Å². The molecule has 1 saturated heterocycles. The lowest BCUT2D eigenvalue weighted by Gasteiger charge is -2.15. The average molecular weight is 248 g/mol. The van der Waals surface area contributed by atoms with Crippen LogP contribution in [0.25, 0.3) is 0 Å². The Bertz CT molecular complexity index is 344. The molecule has 0 aliphatic carbocycles. The van der Waals surface area contributed by atoms with E-state index in [2.05, 4.69) is 22.3 Å². The molecule has 0 spiro atoms. The maximum Gasteiger partial charge on any atom is 0.0914 e. The first-order valence-electron chi connectivity index (χ1n) is 6.93. The van der Waals surface area contributed by atoms with Crippen molar-refractivity contribution in [1.82, 2.24) is 10.2 Å². The molecule has 0 saturated carbocycles. The van der Waals surface area contributed by atoms with Crippen LogP contribution in [-0.2, 0) is 6.42 Å². The molecule has 1 aliphatic rings. The molecule has 1 aliphatic heterocycles. The number of likely N-dealkylation sites (tertiary alicyclic amines) is 1. The Labute approximate surface area is 110 Å². The molecule has 18 heavy (non-hydrogen) atoms. The van der Waals surface area contributed by atoms with Crippen LogP contribution in [0.1, 0.15) is 30.1 Å². The highest BCUT2D eigenvalue weighted by Crippen LogP contribution is 2.14. The van der Waals surface area contributed by atoms with Crippen molar-refractivity contribution in [3.63, 3.8) is 0 Å². The standard InChI is InChI=1S/C15H24N2O/c1-16-12-15(18)14-6-4-13(5-7-14)8-11-17-9-2-3-10-17/h4-7,15-16,18H,2-3,8-12H2,1H3.